The third kappa shape index (κ3) is 2.45. The van der Waals surface area contributed by atoms with Gasteiger partial charge in [-0.05, 0) is 31.0 Å². The van der Waals surface area contributed by atoms with Gasteiger partial charge in [0, 0.05) is 12.7 Å². The van der Waals surface area contributed by atoms with Gasteiger partial charge in [-0.25, -0.2) is 14.4 Å². The van der Waals surface area contributed by atoms with Gasteiger partial charge in [-0.2, -0.15) is 0 Å². The summed E-state index contributed by atoms with van der Waals surface area (Å²) in [5.41, 5.74) is 1.09. The number of fused-ring (bicyclic) bond motifs is 1. The number of carbonyl (C=O) groups is 1. The van der Waals surface area contributed by atoms with Crippen LogP contribution in [-0.2, 0) is 0 Å². The van der Waals surface area contributed by atoms with Gasteiger partial charge in [-0.15, -0.1) is 0 Å². The summed E-state index contributed by atoms with van der Waals surface area (Å²) in [5, 5.41) is 0. The molecule has 122 valence electrons. The molecule has 3 heterocycles. The van der Waals surface area contributed by atoms with Crippen LogP contribution in [0.3, 0.4) is 0 Å². The molecule has 1 saturated heterocycles. The number of benzene rings is 1. The Kier molecular flexibility index (Phi) is 3.37. The van der Waals surface area contributed by atoms with Crippen molar-refractivity contribution < 1.29 is 9.18 Å². The van der Waals surface area contributed by atoms with Crippen LogP contribution in [0.2, 0.25) is 0 Å². The molecule has 0 radical (unpaired) electrons. The van der Waals surface area contributed by atoms with Crippen molar-refractivity contribution in [1.82, 2.24) is 24.8 Å². The second-order valence-corrected chi connectivity index (χ2v) is 5.74. The summed E-state index contributed by atoms with van der Waals surface area (Å²) in [6.45, 7) is 0.579. The molecule has 2 N–H and O–H groups in total. The monoisotopic (exact) mass is 327 g/mol. The first-order valence-corrected chi connectivity index (χ1v) is 7.63. The summed E-state index contributed by atoms with van der Waals surface area (Å²) >= 11 is 0. The Balaban J connectivity index is 1.67. The molecule has 1 unspecified atom stereocenters. The largest absolute Gasteiger partial charge is 0.340 e. The molecular weight excluding hydrogens is 313 g/mol. The van der Waals surface area contributed by atoms with E-state index in [1.54, 1.807) is 11.0 Å². The van der Waals surface area contributed by atoms with Gasteiger partial charge in [-0.1, -0.05) is 0 Å². The smallest absolute Gasteiger partial charge is 0.274 e. The molecule has 4 rings (SSSR count). The topological polar surface area (TPSA) is 94.7 Å². The number of hydrogen-bond donors (Lipinski definition) is 2. The van der Waals surface area contributed by atoms with Gasteiger partial charge in [0.05, 0.1) is 23.3 Å². The van der Waals surface area contributed by atoms with Crippen LogP contribution in [0.4, 0.5) is 4.39 Å². The number of aromatic nitrogens is 4. The highest BCUT2D eigenvalue weighted by Gasteiger charge is 2.33. The molecule has 0 bridgehead atoms. The fourth-order valence-electron chi connectivity index (χ4n) is 3.06. The van der Waals surface area contributed by atoms with Gasteiger partial charge in [0.15, 0.2) is 0 Å². The molecule has 1 atom stereocenters. The Labute approximate surface area is 135 Å². The quantitative estimate of drug-likeness (QED) is 0.750. The summed E-state index contributed by atoms with van der Waals surface area (Å²) in [6, 6.07) is 4.13. The maximum absolute atomic E-state index is 13.3. The predicted molar refractivity (Wildman–Crippen MR) is 83.9 cm³/mol. The van der Waals surface area contributed by atoms with Crippen LogP contribution in [0, 0.1) is 5.82 Å². The van der Waals surface area contributed by atoms with Crippen LogP contribution in [0.15, 0.2) is 35.4 Å². The number of nitrogens with one attached hydrogen (secondary N) is 2. The first-order valence-electron chi connectivity index (χ1n) is 7.63. The molecule has 0 spiro atoms. The van der Waals surface area contributed by atoms with E-state index in [-0.39, 0.29) is 29.0 Å². The maximum Gasteiger partial charge on any atom is 0.274 e. The zero-order valence-electron chi connectivity index (χ0n) is 12.6. The number of nitrogens with zero attached hydrogens (tertiary/aromatic N) is 3. The van der Waals surface area contributed by atoms with E-state index >= 15 is 0 Å². The molecule has 1 fully saturated rings. The Hall–Kier alpha value is -3.03. The van der Waals surface area contributed by atoms with Crippen LogP contribution in [0.1, 0.15) is 35.2 Å². The molecule has 3 aromatic rings. The molecule has 1 aliphatic rings. The van der Waals surface area contributed by atoms with Crippen LogP contribution in [-0.4, -0.2) is 37.3 Å². The first kappa shape index (κ1) is 14.6. The maximum atomic E-state index is 13.3. The van der Waals surface area contributed by atoms with Crippen LogP contribution >= 0.6 is 0 Å². The number of H-pyrrole nitrogens is 2. The van der Waals surface area contributed by atoms with Gasteiger partial charge in [-0.3, -0.25) is 9.59 Å². The second-order valence-electron chi connectivity index (χ2n) is 5.74. The number of likely N-dealkylation sites (tertiary alicyclic amines) is 1. The molecule has 8 heteroatoms. The summed E-state index contributed by atoms with van der Waals surface area (Å²) in [7, 11) is 0. The summed E-state index contributed by atoms with van der Waals surface area (Å²) in [6.07, 6.45) is 4.00. The lowest BCUT2D eigenvalue weighted by Gasteiger charge is -2.22. The lowest BCUT2D eigenvalue weighted by Crippen LogP contribution is -2.32. The molecular formula is C16H14FN5O2. The first-order chi connectivity index (χ1) is 11.6. The van der Waals surface area contributed by atoms with Crippen molar-refractivity contribution in [3.8, 4) is 0 Å². The minimum atomic E-state index is -0.358. The minimum Gasteiger partial charge on any atom is -0.340 e. The summed E-state index contributed by atoms with van der Waals surface area (Å²) in [4.78, 5) is 39.3. The van der Waals surface area contributed by atoms with Crippen LogP contribution < -0.4 is 5.56 Å². The van der Waals surface area contributed by atoms with E-state index in [2.05, 4.69) is 19.9 Å². The predicted octanol–water partition coefficient (Wildman–Crippen LogP) is 1.76. The fourth-order valence-corrected chi connectivity index (χ4v) is 3.06. The number of halogens is 1. The Morgan fingerprint density at radius 2 is 2.25 bits per heavy atom. The van der Waals surface area contributed by atoms with E-state index in [0.29, 0.717) is 23.4 Å². The zero-order chi connectivity index (χ0) is 16.7. The number of carbonyl (C=O) groups excluding carboxylic acids is 1. The highest BCUT2D eigenvalue weighted by molar-refractivity contribution is 5.92. The Bertz CT molecular complexity index is 960. The van der Waals surface area contributed by atoms with E-state index in [4.69, 9.17) is 0 Å². The van der Waals surface area contributed by atoms with Crippen molar-refractivity contribution >= 4 is 16.9 Å². The zero-order valence-corrected chi connectivity index (χ0v) is 12.6. The van der Waals surface area contributed by atoms with E-state index in [1.165, 1.54) is 18.3 Å². The van der Waals surface area contributed by atoms with Gasteiger partial charge in [0.1, 0.15) is 17.3 Å². The van der Waals surface area contributed by atoms with Crippen molar-refractivity contribution in [1.29, 1.82) is 0 Å². The van der Waals surface area contributed by atoms with Gasteiger partial charge >= 0.3 is 0 Å². The Morgan fingerprint density at radius 1 is 1.38 bits per heavy atom. The third-order valence-electron chi connectivity index (χ3n) is 4.18. The Morgan fingerprint density at radius 3 is 3.04 bits per heavy atom. The van der Waals surface area contributed by atoms with Crippen molar-refractivity contribution in [3.63, 3.8) is 0 Å². The normalized spacial score (nSPS) is 17.5. The molecule has 24 heavy (non-hydrogen) atoms. The van der Waals surface area contributed by atoms with Crippen LogP contribution in [0.5, 0.6) is 0 Å². The van der Waals surface area contributed by atoms with E-state index in [0.717, 1.165) is 19.0 Å². The standard InChI is InChI=1S/C16H14FN5O2/c17-9-3-4-10-11(6-9)21-15(20-10)13-2-1-5-22(13)16(24)12-7-19-14(23)8-18-12/h3-4,6-8,13H,1-2,5H2,(H,19,23)(H,20,21). The van der Waals surface area contributed by atoms with Crippen molar-refractivity contribution in [3.05, 3.63) is 58.3 Å². The van der Waals surface area contributed by atoms with Gasteiger partial charge < -0.3 is 14.9 Å². The van der Waals surface area contributed by atoms with E-state index < -0.39 is 0 Å². The van der Waals surface area contributed by atoms with Gasteiger partial charge in [0.2, 0.25) is 0 Å². The van der Waals surface area contributed by atoms with Crippen molar-refractivity contribution in [2.24, 2.45) is 0 Å². The number of amides is 1. The van der Waals surface area contributed by atoms with Gasteiger partial charge in [0.25, 0.3) is 11.5 Å². The molecule has 0 saturated carbocycles. The molecule has 1 amide bonds. The van der Waals surface area contributed by atoms with E-state index in [9.17, 15) is 14.0 Å². The molecule has 0 aliphatic carbocycles. The fraction of sp³-hybridized carbons (Fsp3) is 0.250. The highest BCUT2D eigenvalue weighted by atomic mass is 19.1. The SMILES string of the molecule is O=C(c1c[nH]c(=O)cn1)N1CCCC1c1nc2ccc(F)cc2[nH]1. The average Bonchev–Trinajstić information content (AvgIpc) is 3.20. The highest BCUT2D eigenvalue weighted by Crippen LogP contribution is 2.32. The second kappa shape index (κ2) is 5.55. The lowest BCUT2D eigenvalue weighted by molar-refractivity contribution is 0.0724. The average molecular weight is 327 g/mol. The molecule has 2 aromatic heterocycles. The minimum absolute atomic E-state index is 0.184. The number of hydrogen-bond acceptors (Lipinski definition) is 4. The third-order valence-corrected chi connectivity index (χ3v) is 4.18. The number of rotatable bonds is 2. The molecule has 1 aromatic carbocycles. The summed E-state index contributed by atoms with van der Waals surface area (Å²) in [5.74, 6) is 0.0285. The van der Waals surface area contributed by atoms with Crippen LogP contribution in [0.25, 0.3) is 11.0 Å². The number of imidazole rings is 1. The lowest BCUT2D eigenvalue weighted by atomic mass is 10.2. The van der Waals surface area contributed by atoms with Crippen molar-refractivity contribution in [2.45, 2.75) is 18.9 Å². The summed E-state index contributed by atoms with van der Waals surface area (Å²) < 4.78 is 13.3. The number of aromatic amines is 2. The molecule has 1 aliphatic heterocycles. The molecule has 7 nitrogen and oxygen atoms in total. The van der Waals surface area contributed by atoms with E-state index in [1.807, 2.05) is 0 Å². The van der Waals surface area contributed by atoms with Crippen molar-refractivity contribution in [2.75, 3.05) is 6.54 Å².